The predicted octanol–water partition coefficient (Wildman–Crippen LogP) is 25.3. The number of phosphoric ester groups is 2. The molecule has 0 radical (unpaired) electrons. The van der Waals surface area contributed by atoms with E-state index < -0.39 is 97.5 Å². The van der Waals surface area contributed by atoms with E-state index in [2.05, 4.69) is 48.5 Å². The first-order chi connectivity index (χ1) is 49.7. The Hall–Kier alpha value is -1.94. The number of esters is 4. The predicted molar refractivity (Wildman–Crippen MR) is 423 cm³/mol. The smallest absolute Gasteiger partial charge is 0.462 e. The number of aliphatic hydroxyl groups is 1. The van der Waals surface area contributed by atoms with Gasteiger partial charge in [-0.05, 0) is 43.4 Å². The van der Waals surface area contributed by atoms with Gasteiger partial charge in [-0.1, -0.05) is 389 Å². The normalized spacial score (nSPS) is 13.9. The average Bonchev–Trinajstić information content (AvgIpc) is 0.942. The summed E-state index contributed by atoms with van der Waals surface area (Å²) in [6, 6.07) is 0. The van der Waals surface area contributed by atoms with Crippen LogP contribution in [-0.2, 0) is 65.4 Å². The summed E-state index contributed by atoms with van der Waals surface area (Å²) in [5.74, 6) is 0.285. The van der Waals surface area contributed by atoms with Gasteiger partial charge in [0, 0.05) is 25.7 Å². The molecule has 0 aliphatic carbocycles. The molecule has 0 saturated carbocycles. The van der Waals surface area contributed by atoms with Crippen LogP contribution in [0.3, 0.4) is 0 Å². The zero-order valence-electron chi connectivity index (χ0n) is 67.8. The fraction of sp³-hybridized carbons (Fsp3) is 0.952. The highest BCUT2D eigenvalue weighted by atomic mass is 31.2. The van der Waals surface area contributed by atoms with Gasteiger partial charge in [0.15, 0.2) is 12.2 Å². The van der Waals surface area contributed by atoms with Crippen molar-refractivity contribution in [3.05, 3.63) is 0 Å². The fourth-order valence-corrected chi connectivity index (χ4v) is 14.6. The van der Waals surface area contributed by atoms with Crippen molar-refractivity contribution in [1.82, 2.24) is 0 Å². The zero-order chi connectivity index (χ0) is 75.8. The maximum atomic E-state index is 13.1. The second-order valence-electron chi connectivity index (χ2n) is 31.6. The Morgan fingerprint density at radius 1 is 0.262 bits per heavy atom. The maximum absolute atomic E-state index is 13.1. The Morgan fingerprint density at radius 3 is 0.660 bits per heavy atom. The highest BCUT2D eigenvalue weighted by molar-refractivity contribution is 7.47. The van der Waals surface area contributed by atoms with Crippen molar-refractivity contribution in [3.63, 3.8) is 0 Å². The average molecular weight is 1510 g/mol. The van der Waals surface area contributed by atoms with E-state index in [0.29, 0.717) is 25.7 Å². The molecule has 612 valence electrons. The molecule has 0 aliphatic heterocycles. The fourth-order valence-electron chi connectivity index (χ4n) is 13.0. The highest BCUT2D eigenvalue weighted by Gasteiger charge is 2.30. The number of aliphatic hydroxyl groups excluding tert-OH is 1. The first-order valence-electron chi connectivity index (χ1n) is 43.3. The highest BCUT2D eigenvalue weighted by Crippen LogP contribution is 2.45. The van der Waals surface area contributed by atoms with E-state index in [1.807, 2.05) is 0 Å². The van der Waals surface area contributed by atoms with E-state index in [4.69, 9.17) is 37.0 Å². The quantitative estimate of drug-likeness (QED) is 0.0222. The van der Waals surface area contributed by atoms with Crippen molar-refractivity contribution in [3.8, 4) is 0 Å². The van der Waals surface area contributed by atoms with Crippen molar-refractivity contribution in [2.75, 3.05) is 39.6 Å². The standard InChI is InChI=1S/C84H164O17P2/c1-8-9-10-11-12-44-51-58-65-81(86)94-71-79(100-84(89)68-61-54-47-40-34-33-37-43-50-57-64-77(6)7)73-98-102(90,91)96-69-78(85)70-97-103(92,93)99-74-80(101-83(88)67-60-53-46-39-32-28-24-20-16-14-18-22-26-30-36-42-49-56-63-76(4)5)72-95-82(87)66-59-52-45-38-31-27-23-19-15-13-17-21-25-29-35-41-48-55-62-75(2)3/h75-80,85H,8-74H2,1-7H3,(H,90,91)(H,92,93)/t78-,79+,80+/m0/s1. The van der Waals surface area contributed by atoms with Gasteiger partial charge in [0.2, 0.25) is 0 Å². The summed E-state index contributed by atoms with van der Waals surface area (Å²) >= 11 is 0. The molecule has 0 amide bonds. The lowest BCUT2D eigenvalue weighted by Crippen LogP contribution is -2.30. The van der Waals surface area contributed by atoms with E-state index in [1.54, 1.807) is 0 Å². The molecule has 0 fully saturated rings. The van der Waals surface area contributed by atoms with E-state index in [-0.39, 0.29) is 25.7 Å². The van der Waals surface area contributed by atoms with E-state index >= 15 is 0 Å². The molecular weight excluding hydrogens is 1340 g/mol. The molecule has 0 aromatic heterocycles. The second kappa shape index (κ2) is 74.2. The van der Waals surface area contributed by atoms with Crippen molar-refractivity contribution in [2.24, 2.45) is 17.8 Å². The third-order valence-electron chi connectivity index (χ3n) is 19.6. The van der Waals surface area contributed by atoms with Gasteiger partial charge in [-0.3, -0.25) is 37.3 Å². The monoisotopic (exact) mass is 1510 g/mol. The number of carbonyl (C=O) groups excluding carboxylic acids is 4. The lowest BCUT2D eigenvalue weighted by atomic mass is 10.0. The molecule has 0 aromatic rings. The minimum Gasteiger partial charge on any atom is -0.462 e. The number of hydrogen-bond donors (Lipinski definition) is 3. The molecule has 0 aliphatic rings. The third-order valence-corrected chi connectivity index (χ3v) is 21.5. The van der Waals surface area contributed by atoms with Gasteiger partial charge in [-0.2, -0.15) is 0 Å². The summed E-state index contributed by atoms with van der Waals surface area (Å²) in [6.45, 7) is 12.0. The van der Waals surface area contributed by atoms with Crippen molar-refractivity contribution in [2.45, 2.75) is 458 Å². The van der Waals surface area contributed by atoms with Crippen LogP contribution in [0.1, 0.15) is 440 Å². The third kappa shape index (κ3) is 78.0. The molecule has 0 bridgehead atoms. The van der Waals surface area contributed by atoms with Gasteiger partial charge in [0.1, 0.15) is 19.3 Å². The maximum Gasteiger partial charge on any atom is 0.472 e. The molecule has 5 atom stereocenters. The Bertz CT molecular complexity index is 1990. The van der Waals surface area contributed by atoms with E-state index in [9.17, 15) is 43.2 Å². The number of hydrogen-bond acceptors (Lipinski definition) is 15. The minimum atomic E-state index is -4.96. The van der Waals surface area contributed by atoms with E-state index in [1.165, 1.54) is 244 Å². The van der Waals surface area contributed by atoms with Crippen LogP contribution in [0.2, 0.25) is 0 Å². The SMILES string of the molecule is CCCCCCCCCCC(=O)OC[C@H](COP(=O)(O)OC[C@H](O)COP(=O)(O)OC[C@@H](COC(=O)CCCCCCCCCCCCCCCCCCCCC(C)C)OC(=O)CCCCCCCCCCCCCCCCCCCCC(C)C)OC(=O)CCCCCCCCCCCCC(C)C. The minimum absolute atomic E-state index is 0.106. The first kappa shape index (κ1) is 101. The molecule has 0 rings (SSSR count). The molecule has 0 heterocycles. The van der Waals surface area contributed by atoms with E-state index in [0.717, 1.165) is 114 Å². The molecular formula is C84H164O17P2. The molecule has 19 heteroatoms. The number of unbranched alkanes of at least 4 members (excludes halogenated alkanes) is 50. The Labute approximate surface area is 632 Å². The summed E-state index contributed by atoms with van der Waals surface area (Å²) in [7, 11) is -9.92. The summed E-state index contributed by atoms with van der Waals surface area (Å²) in [6.07, 6.45) is 64.1. The number of phosphoric acid groups is 2. The van der Waals surface area contributed by atoms with Crippen LogP contribution in [0, 0.1) is 17.8 Å². The number of rotatable bonds is 82. The van der Waals surface area contributed by atoms with Gasteiger partial charge in [0.05, 0.1) is 26.4 Å². The lowest BCUT2D eigenvalue weighted by molar-refractivity contribution is -0.161. The molecule has 17 nitrogen and oxygen atoms in total. The van der Waals surface area contributed by atoms with Crippen LogP contribution < -0.4 is 0 Å². The van der Waals surface area contributed by atoms with Crippen LogP contribution in [0.5, 0.6) is 0 Å². The molecule has 103 heavy (non-hydrogen) atoms. The topological polar surface area (TPSA) is 237 Å². The van der Waals surface area contributed by atoms with Crippen LogP contribution in [0.4, 0.5) is 0 Å². The largest absolute Gasteiger partial charge is 0.472 e. The summed E-state index contributed by atoms with van der Waals surface area (Å²) in [5, 5.41) is 10.6. The lowest BCUT2D eigenvalue weighted by Gasteiger charge is -2.21. The van der Waals surface area contributed by atoms with Gasteiger partial charge in [0.25, 0.3) is 0 Å². The van der Waals surface area contributed by atoms with Crippen LogP contribution >= 0.6 is 15.6 Å². The van der Waals surface area contributed by atoms with Crippen molar-refractivity contribution >= 4 is 39.5 Å². The summed E-state index contributed by atoms with van der Waals surface area (Å²) < 4.78 is 68.7. The first-order valence-corrected chi connectivity index (χ1v) is 46.3. The molecule has 0 aromatic carbocycles. The van der Waals surface area contributed by atoms with Gasteiger partial charge < -0.3 is 33.8 Å². The van der Waals surface area contributed by atoms with Crippen LogP contribution in [-0.4, -0.2) is 96.7 Å². The molecule has 0 spiro atoms. The van der Waals surface area contributed by atoms with Crippen molar-refractivity contribution in [1.29, 1.82) is 0 Å². The second-order valence-corrected chi connectivity index (χ2v) is 34.6. The van der Waals surface area contributed by atoms with Crippen molar-refractivity contribution < 1.29 is 80.2 Å². The Morgan fingerprint density at radius 2 is 0.447 bits per heavy atom. The van der Waals surface area contributed by atoms with Crippen LogP contribution in [0.15, 0.2) is 0 Å². The molecule has 0 saturated heterocycles. The van der Waals surface area contributed by atoms with Crippen LogP contribution in [0.25, 0.3) is 0 Å². The Kier molecular flexibility index (Phi) is 72.8. The zero-order valence-corrected chi connectivity index (χ0v) is 69.6. The van der Waals surface area contributed by atoms with Gasteiger partial charge >= 0.3 is 39.5 Å². The molecule has 2 unspecified atom stereocenters. The van der Waals surface area contributed by atoms with Gasteiger partial charge in [-0.15, -0.1) is 0 Å². The summed E-state index contributed by atoms with van der Waals surface area (Å²) in [4.78, 5) is 73.0. The Balaban J connectivity index is 5.17. The number of carbonyl (C=O) groups is 4. The number of ether oxygens (including phenoxy) is 4. The summed E-state index contributed by atoms with van der Waals surface area (Å²) in [5.41, 5.74) is 0. The van der Waals surface area contributed by atoms with Gasteiger partial charge in [-0.25, -0.2) is 9.13 Å². The molecule has 3 N–H and O–H groups in total.